The molecule has 0 aliphatic carbocycles. The smallest absolute Gasteiger partial charge is 0.236 e. The van der Waals surface area contributed by atoms with Crippen molar-refractivity contribution in [1.82, 2.24) is 4.90 Å². The van der Waals surface area contributed by atoms with E-state index in [1.54, 1.807) is 11.8 Å². The monoisotopic (exact) mass is 298 g/mol. The number of hydrogen-bond donors (Lipinski definition) is 3. The van der Waals surface area contributed by atoms with Gasteiger partial charge >= 0.3 is 0 Å². The first-order chi connectivity index (χ1) is 9.85. The van der Waals surface area contributed by atoms with Crippen molar-refractivity contribution in [2.75, 3.05) is 26.3 Å². The molecule has 118 valence electrons. The van der Waals surface area contributed by atoms with Crippen LogP contribution in [0.15, 0.2) is 5.16 Å². The van der Waals surface area contributed by atoms with E-state index in [1.807, 2.05) is 0 Å². The highest BCUT2D eigenvalue weighted by molar-refractivity contribution is 6.07. The number of carbonyl (C=O) groups excluding carboxylic acids is 2. The lowest BCUT2D eigenvalue weighted by molar-refractivity contribution is -0.142. The van der Waals surface area contributed by atoms with Crippen LogP contribution in [0.5, 0.6) is 0 Å². The molecule has 1 atom stereocenters. The van der Waals surface area contributed by atoms with Gasteiger partial charge in [0, 0.05) is 26.3 Å². The van der Waals surface area contributed by atoms with E-state index in [0.717, 1.165) is 0 Å². The zero-order valence-corrected chi connectivity index (χ0v) is 12.2. The first-order valence-corrected chi connectivity index (χ1v) is 7.01. The van der Waals surface area contributed by atoms with Crippen LogP contribution in [-0.2, 0) is 14.3 Å². The molecule has 0 radical (unpaired) electrons. The van der Waals surface area contributed by atoms with Crippen LogP contribution in [0.25, 0.3) is 0 Å². The van der Waals surface area contributed by atoms with Gasteiger partial charge in [0.1, 0.15) is 5.41 Å². The molecular weight excluding hydrogens is 276 g/mol. The van der Waals surface area contributed by atoms with Crippen molar-refractivity contribution < 1.29 is 19.5 Å². The van der Waals surface area contributed by atoms with Crippen molar-refractivity contribution in [1.29, 1.82) is 0 Å². The Hall–Kier alpha value is -1.83. The summed E-state index contributed by atoms with van der Waals surface area (Å²) in [6, 6.07) is 0. The summed E-state index contributed by atoms with van der Waals surface area (Å²) < 4.78 is 5.27. The van der Waals surface area contributed by atoms with Crippen LogP contribution in [0.1, 0.15) is 26.2 Å². The number of amidine groups is 1. The number of nitrogens with zero attached hydrogens (tertiary/aromatic N) is 2. The number of primary amides is 1. The maximum absolute atomic E-state index is 12.9. The van der Waals surface area contributed by atoms with Gasteiger partial charge in [0.05, 0.1) is 5.41 Å². The second-order valence-corrected chi connectivity index (χ2v) is 6.08. The largest absolute Gasteiger partial charge is 0.409 e. The van der Waals surface area contributed by atoms with Crippen molar-refractivity contribution in [3.8, 4) is 0 Å². The first kappa shape index (κ1) is 15.6. The van der Waals surface area contributed by atoms with E-state index in [2.05, 4.69) is 5.16 Å². The predicted octanol–water partition coefficient (Wildman–Crippen LogP) is -0.746. The van der Waals surface area contributed by atoms with Crippen molar-refractivity contribution >= 4 is 17.6 Å². The quantitative estimate of drug-likeness (QED) is 0.273. The fourth-order valence-corrected chi connectivity index (χ4v) is 3.03. The maximum Gasteiger partial charge on any atom is 0.236 e. The molecule has 0 bridgehead atoms. The minimum Gasteiger partial charge on any atom is -0.409 e. The van der Waals surface area contributed by atoms with Gasteiger partial charge in [0.25, 0.3) is 0 Å². The summed E-state index contributed by atoms with van der Waals surface area (Å²) in [4.78, 5) is 26.0. The van der Waals surface area contributed by atoms with Gasteiger partial charge in [-0.25, -0.2) is 0 Å². The van der Waals surface area contributed by atoms with Crippen molar-refractivity contribution in [2.45, 2.75) is 26.2 Å². The number of amides is 2. The van der Waals surface area contributed by atoms with E-state index < -0.39 is 16.7 Å². The summed E-state index contributed by atoms with van der Waals surface area (Å²) in [5, 5.41) is 12.1. The van der Waals surface area contributed by atoms with Gasteiger partial charge in [-0.1, -0.05) is 5.16 Å². The molecule has 2 rings (SSSR count). The molecule has 2 heterocycles. The van der Waals surface area contributed by atoms with Gasteiger partial charge in [0.15, 0.2) is 5.84 Å². The fraction of sp³-hybridized carbons (Fsp3) is 0.769. The molecular formula is C13H22N4O4. The van der Waals surface area contributed by atoms with Crippen LogP contribution >= 0.6 is 0 Å². The Bertz CT molecular complexity index is 473. The Kier molecular flexibility index (Phi) is 4.08. The van der Waals surface area contributed by atoms with E-state index in [-0.39, 0.29) is 18.3 Å². The second kappa shape index (κ2) is 5.51. The van der Waals surface area contributed by atoms with Crippen LogP contribution in [0.2, 0.25) is 0 Å². The third-order valence-corrected chi connectivity index (χ3v) is 4.71. The number of likely N-dealkylation sites (tertiary alicyclic amines) is 1. The summed E-state index contributed by atoms with van der Waals surface area (Å²) in [6.07, 6.45) is 1.26. The van der Waals surface area contributed by atoms with Gasteiger partial charge in [0.2, 0.25) is 11.8 Å². The Morgan fingerprint density at radius 1 is 1.24 bits per heavy atom. The lowest BCUT2D eigenvalue weighted by Crippen LogP contribution is -2.54. The highest BCUT2D eigenvalue weighted by Crippen LogP contribution is 2.37. The first-order valence-electron chi connectivity index (χ1n) is 7.01. The number of rotatable bonds is 3. The molecule has 0 aromatic carbocycles. The Balaban J connectivity index is 2.23. The second-order valence-electron chi connectivity index (χ2n) is 6.08. The predicted molar refractivity (Wildman–Crippen MR) is 74.4 cm³/mol. The van der Waals surface area contributed by atoms with Crippen LogP contribution in [0.4, 0.5) is 0 Å². The topological polar surface area (TPSA) is 131 Å². The van der Waals surface area contributed by atoms with Crippen molar-refractivity contribution in [3.63, 3.8) is 0 Å². The SMILES string of the molecule is CC1(C(N)=O)CCN(C(=O)C2(C(N)=NO)CCOCC2)C1. The minimum atomic E-state index is -1.05. The maximum atomic E-state index is 12.9. The van der Waals surface area contributed by atoms with E-state index >= 15 is 0 Å². The van der Waals surface area contributed by atoms with E-state index in [1.165, 1.54) is 0 Å². The number of hydrogen-bond acceptors (Lipinski definition) is 5. The molecule has 2 amide bonds. The molecule has 0 saturated carbocycles. The molecule has 8 nitrogen and oxygen atoms in total. The summed E-state index contributed by atoms with van der Waals surface area (Å²) in [5.41, 5.74) is 9.43. The highest BCUT2D eigenvalue weighted by atomic mass is 16.5. The van der Waals surface area contributed by atoms with E-state index in [0.29, 0.717) is 39.0 Å². The lowest BCUT2D eigenvalue weighted by Gasteiger charge is -2.37. The van der Waals surface area contributed by atoms with Crippen molar-refractivity contribution in [2.24, 2.45) is 27.5 Å². The Morgan fingerprint density at radius 2 is 1.86 bits per heavy atom. The molecule has 2 aliphatic rings. The average molecular weight is 298 g/mol. The molecule has 2 aliphatic heterocycles. The van der Waals surface area contributed by atoms with Gasteiger partial charge in [-0.2, -0.15) is 0 Å². The molecule has 21 heavy (non-hydrogen) atoms. The van der Waals surface area contributed by atoms with E-state index in [9.17, 15) is 9.59 Å². The average Bonchev–Trinajstić information content (AvgIpc) is 2.90. The van der Waals surface area contributed by atoms with Gasteiger partial charge in [-0.3, -0.25) is 9.59 Å². The van der Waals surface area contributed by atoms with E-state index in [4.69, 9.17) is 21.4 Å². The number of nitrogens with two attached hydrogens (primary N) is 2. The molecule has 0 aromatic heterocycles. The lowest BCUT2D eigenvalue weighted by atomic mass is 9.77. The zero-order valence-electron chi connectivity index (χ0n) is 12.2. The molecule has 8 heteroatoms. The fourth-order valence-electron chi connectivity index (χ4n) is 3.03. The summed E-state index contributed by atoms with van der Waals surface area (Å²) >= 11 is 0. The summed E-state index contributed by atoms with van der Waals surface area (Å²) in [5.74, 6) is -0.725. The molecule has 1 unspecified atom stereocenters. The Morgan fingerprint density at radius 3 is 2.33 bits per heavy atom. The Labute approximate surface area is 123 Å². The molecule has 0 aromatic rings. The highest BCUT2D eigenvalue weighted by Gasteiger charge is 2.50. The zero-order chi connectivity index (χ0) is 15.7. The summed E-state index contributed by atoms with van der Waals surface area (Å²) in [6.45, 7) is 3.22. The third kappa shape index (κ3) is 2.55. The standard InChI is InChI=1S/C13H22N4O4/c1-12(10(15)18)2-5-17(8-12)11(19)13(9(14)16-20)3-6-21-7-4-13/h20H,2-8H2,1H3,(H2,14,16)(H2,15,18). The normalized spacial score (nSPS) is 29.4. The summed E-state index contributed by atoms with van der Waals surface area (Å²) in [7, 11) is 0. The number of ether oxygens (including phenoxy) is 1. The van der Waals surface area contributed by atoms with Gasteiger partial charge in [-0.15, -0.1) is 0 Å². The van der Waals surface area contributed by atoms with Crippen LogP contribution in [0, 0.1) is 10.8 Å². The molecule has 2 saturated heterocycles. The van der Waals surface area contributed by atoms with Crippen LogP contribution < -0.4 is 11.5 Å². The van der Waals surface area contributed by atoms with Crippen LogP contribution in [0.3, 0.4) is 0 Å². The molecule has 0 spiro atoms. The minimum absolute atomic E-state index is 0.0940. The number of oxime groups is 1. The van der Waals surface area contributed by atoms with Crippen LogP contribution in [-0.4, -0.2) is 54.1 Å². The van der Waals surface area contributed by atoms with Gasteiger partial charge in [-0.05, 0) is 26.2 Å². The van der Waals surface area contributed by atoms with Gasteiger partial charge < -0.3 is 26.3 Å². The third-order valence-electron chi connectivity index (χ3n) is 4.71. The molecule has 5 N–H and O–H groups in total. The van der Waals surface area contributed by atoms with Crippen molar-refractivity contribution in [3.05, 3.63) is 0 Å². The molecule has 2 fully saturated rings. The number of carbonyl (C=O) groups is 2.